The van der Waals surface area contributed by atoms with Crippen molar-refractivity contribution in [3.63, 3.8) is 0 Å². The standard InChI is InChI=1S/C46H91N2O6P/c1-6-8-10-12-14-16-18-20-22-23-24-25-26-28-30-32-34-36-38-40-46(50)47-44(43-54-55(51,52)53-42-41-48(3,4)5)45(49)39-37-35-33-31-29-27-21-19-17-15-13-11-9-7-2/h23-24,37,39,44-45,49H,6-22,25-36,38,40-43H2,1-5H3,(H-,47,50,51,52)/p+1/b24-23-,39-37+. The summed E-state index contributed by atoms with van der Waals surface area (Å²) in [6.45, 7) is 4.81. The van der Waals surface area contributed by atoms with Crippen LogP contribution in [-0.2, 0) is 18.4 Å². The van der Waals surface area contributed by atoms with Crippen molar-refractivity contribution in [2.75, 3.05) is 40.9 Å². The average molecular weight is 800 g/mol. The molecule has 0 aromatic rings. The molecule has 0 rings (SSSR count). The van der Waals surface area contributed by atoms with Gasteiger partial charge in [-0.1, -0.05) is 186 Å². The van der Waals surface area contributed by atoms with Gasteiger partial charge in [0.2, 0.25) is 5.91 Å². The number of aliphatic hydroxyl groups is 1. The zero-order chi connectivity index (χ0) is 40.7. The van der Waals surface area contributed by atoms with Gasteiger partial charge in [-0.25, -0.2) is 4.57 Å². The SMILES string of the molecule is CCCCCCCCCC/C=C\CCCCCCCCCC(=O)NC(COP(=O)(O)OCC[N+](C)(C)C)C(O)/C=C/CCCCCCCCCCCCCC. The summed E-state index contributed by atoms with van der Waals surface area (Å²) in [5.41, 5.74) is 0. The van der Waals surface area contributed by atoms with Crippen LogP contribution < -0.4 is 5.32 Å². The Morgan fingerprint density at radius 3 is 1.40 bits per heavy atom. The van der Waals surface area contributed by atoms with Crippen LogP contribution in [0.4, 0.5) is 0 Å². The maximum atomic E-state index is 12.9. The third kappa shape index (κ3) is 41.0. The van der Waals surface area contributed by atoms with E-state index in [1.54, 1.807) is 6.08 Å². The van der Waals surface area contributed by atoms with Crippen molar-refractivity contribution in [2.45, 2.75) is 225 Å². The molecule has 0 saturated heterocycles. The number of phosphoric ester groups is 1. The topological polar surface area (TPSA) is 105 Å². The summed E-state index contributed by atoms with van der Waals surface area (Å²) >= 11 is 0. The predicted molar refractivity (Wildman–Crippen MR) is 235 cm³/mol. The van der Waals surface area contributed by atoms with E-state index in [2.05, 4.69) is 31.3 Å². The van der Waals surface area contributed by atoms with Crippen LogP contribution >= 0.6 is 7.82 Å². The molecule has 0 saturated carbocycles. The number of unbranched alkanes of at least 4 members (excludes halogenated alkanes) is 27. The minimum atomic E-state index is -4.34. The van der Waals surface area contributed by atoms with E-state index in [1.807, 2.05) is 27.2 Å². The van der Waals surface area contributed by atoms with Crippen LogP contribution in [0.3, 0.4) is 0 Å². The third-order valence-corrected chi connectivity index (χ3v) is 11.4. The monoisotopic (exact) mass is 800 g/mol. The Morgan fingerprint density at radius 1 is 0.600 bits per heavy atom. The van der Waals surface area contributed by atoms with Gasteiger partial charge < -0.3 is 19.8 Å². The molecule has 0 fully saturated rings. The number of phosphoric acid groups is 1. The molecule has 0 bridgehead atoms. The van der Waals surface area contributed by atoms with E-state index in [0.717, 1.165) is 38.5 Å². The van der Waals surface area contributed by atoms with E-state index in [9.17, 15) is 19.4 Å². The lowest BCUT2D eigenvalue weighted by atomic mass is 10.0. The number of carbonyl (C=O) groups is 1. The molecule has 55 heavy (non-hydrogen) atoms. The fourth-order valence-electron chi connectivity index (χ4n) is 6.68. The Kier molecular flexibility index (Phi) is 37.8. The van der Waals surface area contributed by atoms with E-state index in [1.165, 1.54) is 154 Å². The summed E-state index contributed by atoms with van der Waals surface area (Å²) in [6.07, 6.45) is 45.3. The maximum absolute atomic E-state index is 12.9. The highest BCUT2D eigenvalue weighted by atomic mass is 31.2. The lowest BCUT2D eigenvalue weighted by Gasteiger charge is -2.25. The van der Waals surface area contributed by atoms with E-state index in [0.29, 0.717) is 17.4 Å². The smallest absolute Gasteiger partial charge is 0.387 e. The molecule has 1 amide bonds. The highest BCUT2D eigenvalue weighted by Crippen LogP contribution is 2.43. The van der Waals surface area contributed by atoms with Crippen LogP contribution in [0.25, 0.3) is 0 Å². The molecule has 0 heterocycles. The van der Waals surface area contributed by atoms with Crippen LogP contribution in [0.1, 0.15) is 213 Å². The molecule has 9 heteroatoms. The average Bonchev–Trinajstić information content (AvgIpc) is 3.13. The van der Waals surface area contributed by atoms with E-state index >= 15 is 0 Å². The number of quaternary nitrogens is 1. The summed E-state index contributed by atoms with van der Waals surface area (Å²) in [5, 5.41) is 13.8. The lowest BCUT2D eigenvalue weighted by Crippen LogP contribution is -2.45. The number of allylic oxidation sites excluding steroid dienone is 3. The normalized spacial score (nSPS) is 14.5. The van der Waals surface area contributed by atoms with E-state index in [-0.39, 0.29) is 19.1 Å². The van der Waals surface area contributed by atoms with Gasteiger partial charge in [-0.05, 0) is 44.9 Å². The van der Waals surface area contributed by atoms with Crippen molar-refractivity contribution in [1.82, 2.24) is 5.32 Å². The van der Waals surface area contributed by atoms with Gasteiger partial charge in [-0.3, -0.25) is 13.8 Å². The number of rotatable bonds is 42. The zero-order valence-corrected chi connectivity index (χ0v) is 37.8. The first kappa shape index (κ1) is 54.0. The highest BCUT2D eigenvalue weighted by molar-refractivity contribution is 7.47. The molecule has 0 aliphatic rings. The van der Waals surface area contributed by atoms with Gasteiger partial charge >= 0.3 is 7.82 Å². The van der Waals surface area contributed by atoms with Crippen LogP contribution in [0, 0.1) is 0 Å². The van der Waals surface area contributed by atoms with E-state index in [4.69, 9.17) is 9.05 Å². The molecule has 326 valence electrons. The van der Waals surface area contributed by atoms with Crippen molar-refractivity contribution in [1.29, 1.82) is 0 Å². The molecule has 8 nitrogen and oxygen atoms in total. The number of hydrogen-bond donors (Lipinski definition) is 3. The number of amides is 1. The lowest BCUT2D eigenvalue weighted by molar-refractivity contribution is -0.870. The Labute approximate surface area is 341 Å². The fourth-order valence-corrected chi connectivity index (χ4v) is 7.42. The second-order valence-electron chi connectivity index (χ2n) is 17.1. The summed E-state index contributed by atoms with van der Waals surface area (Å²) in [4.78, 5) is 23.1. The molecule has 0 aliphatic carbocycles. The van der Waals surface area contributed by atoms with Gasteiger partial charge in [0, 0.05) is 6.42 Å². The van der Waals surface area contributed by atoms with Gasteiger partial charge in [0.15, 0.2) is 0 Å². The third-order valence-electron chi connectivity index (χ3n) is 10.4. The molecule has 0 aromatic carbocycles. The van der Waals surface area contributed by atoms with Crippen molar-refractivity contribution >= 4 is 13.7 Å². The fraction of sp³-hybridized carbons (Fsp3) is 0.891. The number of aliphatic hydroxyl groups excluding tert-OH is 1. The molecule has 0 spiro atoms. The number of carbonyl (C=O) groups excluding carboxylic acids is 1. The minimum absolute atomic E-state index is 0.0618. The van der Waals surface area contributed by atoms with Crippen molar-refractivity contribution in [3.05, 3.63) is 24.3 Å². The van der Waals surface area contributed by atoms with Gasteiger partial charge in [-0.2, -0.15) is 0 Å². The maximum Gasteiger partial charge on any atom is 0.472 e. The first-order chi connectivity index (χ1) is 26.5. The largest absolute Gasteiger partial charge is 0.472 e. The number of hydrogen-bond acceptors (Lipinski definition) is 5. The highest BCUT2D eigenvalue weighted by Gasteiger charge is 2.27. The second kappa shape index (κ2) is 38.5. The van der Waals surface area contributed by atoms with Crippen molar-refractivity contribution < 1.29 is 32.9 Å². The first-order valence-corrected chi connectivity index (χ1v) is 24.7. The predicted octanol–water partition coefficient (Wildman–Crippen LogP) is 12.9. The molecular formula is C46H92N2O6P+. The number of nitrogens with zero attached hydrogens (tertiary/aromatic N) is 1. The van der Waals surface area contributed by atoms with Crippen LogP contribution in [0.5, 0.6) is 0 Å². The number of nitrogens with one attached hydrogen (secondary N) is 1. The first-order valence-electron chi connectivity index (χ1n) is 23.2. The van der Waals surface area contributed by atoms with E-state index < -0.39 is 20.0 Å². The van der Waals surface area contributed by atoms with Gasteiger partial charge in [0.1, 0.15) is 13.2 Å². The number of likely N-dealkylation sites (N-methyl/N-ethyl adjacent to an activating group) is 1. The molecule has 0 aromatic heterocycles. The summed E-state index contributed by atoms with van der Waals surface area (Å²) < 4.78 is 23.6. The van der Waals surface area contributed by atoms with Crippen molar-refractivity contribution in [3.8, 4) is 0 Å². The van der Waals surface area contributed by atoms with Crippen LogP contribution in [-0.4, -0.2) is 73.4 Å². The van der Waals surface area contributed by atoms with Crippen molar-refractivity contribution in [2.24, 2.45) is 0 Å². The van der Waals surface area contributed by atoms with Gasteiger partial charge in [0.25, 0.3) is 0 Å². The zero-order valence-electron chi connectivity index (χ0n) is 36.9. The summed E-state index contributed by atoms with van der Waals surface area (Å²) in [6, 6.07) is -0.845. The summed E-state index contributed by atoms with van der Waals surface area (Å²) in [5.74, 6) is -0.181. The van der Waals surface area contributed by atoms with Crippen LogP contribution in [0.15, 0.2) is 24.3 Å². The Morgan fingerprint density at radius 2 is 0.982 bits per heavy atom. The molecule has 0 radical (unpaired) electrons. The molecular weight excluding hydrogens is 707 g/mol. The molecule has 3 unspecified atom stereocenters. The molecule has 3 atom stereocenters. The Balaban J connectivity index is 4.37. The molecule has 3 N–H and O–H groups in total. The van der Waals surface area contributed by atoms with Gasteiger partial charge in [-0.15, -0.1) is 0 Å². The van der Waals surface area contributed by atoms with Gasteiger partial charge in [0.05, 0.1) is 39.9 Å². The Hall–Kier alpha value is -1.02. The quantitative estimate of drug-likeness (QED) is 0.0246. The molecule has 0 aliphatic heterocycles. The second-order valence-corrected chi connectivity index (χ2v) is 18.6. The van der Waals surface area contributed by atoms with Crippen LogP contribution in [0.2, 0.25) is 0 Å². The Bertz CT molecular complexity index is 953. The minimum Gasteiger partial charge on any atom is -0.387 e. The summed E-state index contributed by atoms with van der Waals surface area (Å²) in [7, 11) is 1.57.